The summed E-state index contributed by atoms with van der Waals surface area (Å²) in [7, 11) is -3.61. The normalized spacial score (nSPS) is 15.1. The number of rotatable bonds is 5. The summed E-state index contributed by atoms with van der Waals surface area (Å²) in [6, 6.07) is 13.0. The Hall–Kier alpha value is -2.75. The van der Waals surface area contributed by atoms with Gasteiger partial charge in [0.15, 0.2) is 0 Å². The van der Waals surface area contributed by atoms with Gasteiger partial charge in [-0.25, -0.2) is 8.42 Å². The Labute approximate surface area is 178 Å². The molecule has 0 aliphatic carbocycles. The Kier molecular flexibility index (Phi) is 5.85. The summed E-state index contributed by atoms with van der Waals surface area (Å²) in [5.74, 6) is -0.596. The SMILES string of the molecule is O=C(Nc1cccc(S(=O)(=O)N2CCCCC2)c1)c1ccc(-c2cccs2)[nH]c1=O. The Balaban J connectivity index is 1.54. The van der Waals surface area contributed by atoms with Crippen LogP contribution in [0.4, 0.5) is 5.69 Å². The van der Waals surface area contributed by atoms with Crippen LogP contribution in [0.25, 0.3) is 10.6 Å². The summed E-state index contributed by atoms with van der Waals surface area (Å²) < 4.78 is 27.2. The largest absolute Gasteiger partial charge is 0.322 e. The Bertz CT molecular complexity index is 1210. The van der Waals surface area contributed by atoms with Crippen LogP contribution in [-0.4, -0.2) is 36.7 Å². The minimum absolute atomic E-state index is 0.0420. The lowest BCUT2D eigenvalue weighted by molar-refractivity contribution is 0.102. The molecule has 0 radical (unpaired) electrons. The second-order valence-electron chi connectivity index (χ2n) is 7.04. The number of benzene rings is 1. The first kappa shape index (κ1) is 20.5. The lowest BCUT2D eigenvalue weighted by atomic mass is 10.2. The number of nitrogens with zero attached hydrogens (tertiary/aromatic N) is 1. The Morgan fingerprint density at radius 2 is 1.83 bits per heavy atom. The summed E-state index contributed by atoms with van der Waals surface area (Å²) in [6.07, 6.45) is 2.72. The maximum atomic E-state index is 12.9. The first-order valence-electron chi connectivity index (χ1n) is 9.64. The number of aromatic amines is 1. The van der Waals surface area contributed by atoms with E-state index in [-0.39, 0.29) is 10.5 Å². The monoisotopic (exact) mass is 443 g/mol. The topological polar surface area (TPSA) is 99.3 Å². The lowest BCUT2D eigenvalue weighted by Crippen LogP contribution is -2.35. The summed E-state index contributed by atoms with van der Waals surface area (Å²) in [4.78, 5) is 28.7. The standard InChI is InChI=1S/C21H21N3O4S2/c25-20(17-9-10-18(23-21(17)26)19-8-5-13-29-19)22-15-6-4-7-16(14-15)30(27,28)24-11-2-1-3-12-24/h4-10,13-14H,1-3,11-12H2,(H,22,25)(H,23,26). The zero-order valence-electron chi connectivity index (χ0n) is 16.1. The number of amides is 1. The number of H-pyrrole nitrogens is 1. The predicted molar refractivity (Wildman–Crippen MR) is 117 cm³/mol. The molecule has 9 heteroatoms. The third-order valence-corrected chi connectivity index (χ3v) is 7.78. The number of nitrogens with one attached hydrogen (secondary N) is 2. The van der Waals surface area contributed by atoms with Crippen LogP contribution in [-0.2, 0) is 10.0 Å². The average Bonchev–Trinajstić information content (AvgIpc) is 3.29. The molecule has 0 spiro atoms. The molecule has 3 heterocycles. The van der Waals surface area contributed by atoms with Crippen molar-refractivity contribution in [1.82, 2.24) is 9.29 Å². The minimum Gasteiger partial charge on any atom is -0.322 e. The van der Waals surface area contributed by atoms with Gasteiger partial charge in [-0.3, -0.25) is 9.59 Å². The molecule has 0 saturated carbocycles. The van der Waals surface area contributed by atoms with Crippen molar-refractivity contribution in [2.45, 2.75) is 24.2 Å². The Morgan fingerprint density at radius 3 is 2.53 bits per heavy atom. The highest BCUT2D eigenvalue weighted by molar-refractivity contribution is 7.89. The fourth-order valence-corrected chi connectivity index (χ4v) is 5.69. The molecule has 30 heavy (non-hydrogen) atoms. The van der Waals surface area contributed by atoms with Crippen LogP contribution in [0.5, 0.6) is 0 Å². The highest BCUT2D eigenvalue weighted by Gasteiger charge is 2.26. The number of carbonyl (C=O) groups excluding carboxylic acids is 1. The van der Waals surface area contributed by atoms with E-state index in [1.165, 1.54) is 33.8 Å². The van der Waals surface area contributed by atoms with Gasteiger partial charge in [0, 0.05) is 18.8 Å². The molecule has 0 atom stereocenters. The smallest absolute Gasteiger partial charge is 0.261 e. The van der Waals surface area contributed by atoms with Crippen LogP contribution < -0.4 is 10.9 Å². The lowest BCUT2D eigenvalue weighted by Gasteiger charge is -2.26. The van der Waals surface area contributed by atoms with Gasteiger partial charge in [-0.1, -0.05) is 18.6 Å². The summed E-state index contributed by atoms with van der Waals surface area (Å²) in [5.41, 5.74) is 0.413. The molecule has 1 saturated heterocycles. The van der Waals surface area contributed by atoms with Crippen LogP contribution in [0.2, 0.25) is 0 Å². The zero-order valence-corrected chi connectivity index (χ0v) is 17.8. The number of piperidine rings is 1. The quantitative estimate of drug-likeness (QED) is 0.630. The van der Waals surface area contributed by atoms with Gasteiger partial charge in [0.25, 0.3) is 11.5 Å². The molecule has 1 aromatic carbocycles. The van der Waals surface area contributed by atoms with Crippen LogP contribution in [0.1, 0.15) is 29.6 Å². The van der Waals surface area contributed by atoms with Crippen molar-refractivity contribution in [3.05, 3.63) is 69.8 Å². The van der Waals surface area contributed by atoms with Crippen LogP contribution in [0, 0.1) is 0 Å². The average molecular weight is 444 g/mol. The Morgan fingerprint density at radius 1 is 1.03 bits per heavy atom. The van der Waals surface area contributed by atoms with E-state index in [0.717, 1.165) is 24.1 Å². The van der Waals surface area contributed by atoms with Crippen LogP contribution >= 0.6 is 11.3 Å². The first-order chi connectivity index (χ1) is 14.4. The van der Waals surface area contributed by atoms with Crippen molar-refractivity contribution < 1.29 is 13.2 Å². The van der Waals surface area contributed by atoms with E-state index >= 15 is 0 Å². The summed E-state index contributed by atoms with van der Waals surface area (Å²) >= 11 is 1.49. The van der Waals surface area contributed by atoms with Crippen molar-refractivity contribution in [2.24, 2.45) is 0 Å². The number of aromatic nitrogens is 1. The highest BCUT2D eigenvalue weighted by Crippen LogP contribution is 2.24. The van der Waals surface area contributed by atoms with E-state index in [1.807, 2.05) is 17.5 Å². The molecule has 156 valence electrons. The number of hydrogen-bond donors (Lipinski definition) is 2. The second-order valence-corrected chi connectivity index (χ2v) is 9.92. The van der Waals surface area contributed by atoms with Gasteiger partial charge in [0.1, 0.15) is 5.56 Å². The van der Waals surface area contributed by atoms with Gasteiger partial charge in [-0.15, -0.1) is 11.3 Å². The van der Waals surface area contributed by atoms with Gasteiger partial charge < -0.3 is 10.3 Å². The molecule has 1 fully saturated rings. The summed E-state index contributed by atoms with van der Waals surface area (Å²) in [6.45, 7) is 1.01. The number of hydrogen-bond acceptors (Lipinski definition) is 5. The first-order valence-corrected chi connectivity index (χ1v) is 12.0. The molecule has 1 amide bonds. The highest BCUT2D eigenvalue weighted by atomic mass is 32.2. The molecule has 2 aromatic heterocycles. The third kappa shape index (κ3) is 4.23. The van der Waals surface area contributed by atoms with Crippen LogP contribution in [0.3, 0.4) is 0 Å². The molecule has 1 aliphatic rings. The molecule has 4 rings (SSSR count). The van der Waals surface area contributed by atoms with E-state index in [0.29, 0.717) is 24.5 Å². The second kappa shape index (κ2) is 8.55. The number of carbonyl (C=O) groups is 1. The molecule has 7 nitrogen and oxygen atoms in total. The third-order valence-electron chi connectivity index (χ3n) is 4.99. The van der Waals surface area contributed by atoms with Crippen molar-refractivity contribution in [2.75, 3.05) is 18.4 Å². The van der Waals surface area contributed by atoms with Crippen molar-refractivity contribution in [3.8, 4) is 10.6 Å². The van der Waals surface area contributed by atoms with Crippen molar-refractivity contribution in [1.29, 1.82) is 0 Å². The summed E-state index contributed by atoms with van der Waals surface area (Å²) in [5, 5.41) is 4.53. The molecule has 0 bridgehead atoms. The van der Waals surface area contributed by atoms with Gasteiger partial charge >= 0.3 is 0 Å². The predicted octanol–water partition coefficient (Wildman–Crippen LogP) is 3.53. The van der Waals surface area contributed by atoms with Crippen molar-refractivity contribution >= 4 is 33.0 Å². The van der Waals surface area contributed by atoms with E-state index in [2.05, 4.69) is 10.3 Å². The van der Waals surface area contributed by atoms with E-state index in [9.17, 15) is 18.0 Å². The van der Waals surface area contributed by atoms with E-state index in [4.69, 9.17) is 0 Å². The minimum atomic E-state index is -3.61. The molecular weight excluding hydrogens is 422 g/mol. The maximum absolute atomic E-state index is 12.9. The maximum Gasteiger partial charge on any atom is 0.261 e. The van der Waals surface area contributed by atoms with Crippen LogP contribution in [0.15, 0.2) is 63.6 Å². The number of thiophene rings is 1. The van der Waals surface area contributed by atoms with Gasteiger partial charge in [-0.2, -0.15) is 4.31 Å². The van der Waals surface area contributed by atoms with Gasteiger partial charge in [0.05, 0.1) is 15.5 Å². The fraction of sp³-hybridized carbons (Fsp3) is 0.238. The van der Waals surface area contributed by atoms with E-state index in [1.54, 1.807) is 18.2 Å². The zero-order chi connectivity index (χ0) is 21.1. The fourth-order valence-electron chi connectivity index (χ4n) is 3.42. The van der Waals surface area contributed by atoms with Gasteiger partial charge in [-0.05, 0) is 54.6 Å². The molecule has 2 N–H and O–H groups in total. The number of sulfonamides is 1. The van der Waals surface area contributed by atoms with Crippen molar-refractivity contribution in [3.63, 3.8) is 0 Å². The van der Waals surface area contributed by atoms with Gasteiger partial charge in [0.2, 0.25) is 10.0 Å². The number of pyridine rings is 1. The number of anilines is 1. The molecular formula is C21H21N3O4S2. The van der Waals surface area contributed by atoms with E-state index < -0.39 is 21.5 Å². The molecule has 1 aliphatic heterocycles. The molecule has 3 aromatic rings. The molecule has 0 unspecified atom stereocenters.